The second-order valence-electron chi connectivity index (χ2n) is 6.00. The lowest BCUT2D eigenvalue weighted by Gasteiger charge is -2.37. The molecule has 0 fully saturated rings. The highest BCUT2D eigenvalue weighted by molar-refractivity contribution is 8.24. The number of rotatable bonds is 10. The van der Waals surface area contributed by atoms with Gasteiger partial charge >= 0.3 is 12.0 Å². The van der Waals surface area contributed by atoms with Gasteiger partial charge in [-0.05, 0) is 85.7 Å². The molecule has 0 radical (unpaired) electrons. The lowest BCUT2D eigenvalue weighted by molar-refractivity contribution is 0.302. The zero-order chi connectivity index (χ0) is 19.6. The fourth-order valence-corrected chi connectivity index (χ4v) is 4.62. The molecule has 0 amide bonds. The zero-order valence-corrected chi connectivity index (χ0v) is 20.3. The normalized spacial score (nSPS) is 17.2. The smallest absolute Gasteiger partial charge is 0.271 e. The third kappa shape index (κ3) is 13.7. The van der Waals surface area contributed by atoms with Crippen LogP contribution in [0.1, 0.15) is 66.2 Å². The average Bonchev–Trinajstić information content (AvgIpc) is 2.46. The molecule has 0 aliphatic carbocycles. The van der Waals surface area contributed by atoms with E-state index in [1.54, 1.807) is 0 Å². The Morgan fingerprint density at radius 1 is 0.792 bits per heavy atom. The van der Waals surface area contributed by atoms with Crippen molar-refractivity contribution < 1.29 is 9.13 Å². The maximum atomic E-state index is 12.8. The number of unbranched alkanes of at least 4 members (excludes halogenated alkanes) is 2. The van der Waals surface area contributed by atoms with Crippen LogP contribution >= 0.6 is 57.0 Å². The van der Waals surface area contributed by atoms with E-state index < -0.39 is 12.0 Å². The standard InChI is InChI=1S/C14H32ClN2OP.Cl3OP/c1-7-9-11-13(3)16(5)19(15,18)17(6)14(4)12-10-8-2;1-5(2,3)4/h13-14H,7-12H2,1-6H3;. The van der Waals surface area contributed by atoms with Gasteiger partial charge in [-0.1, -0.05) is 39.5 Å². The summed E-state index contributed by atoms with van der Waals surface area (Å²) in [5.74, 6) is 0. The summed E-state index contributed by atoms with van der Waals surface area (Å²) >= 11 is 20.2. The van der Waals surface area contributed by atoms with Crippen LogP contribution in [-0.4, -0.2) is 35.5 Å². The molecule has 4 nitrogen and oxygen atoms in total. The van der Waals surface area contributed by atoms with Crippen molar-refractivity contribution in [1.29, 1.82) is 0 Å². The van der Waals surface area contributed by atoms with Crippen molar-refractivity contribution in [3.8, 4) is 0 Å². The fraction of sp³-hybridized carbons (Fsp3) is 1.00. The molecule has 0 aromatic carbocycles. The Balaban J connectivity index is 0. The second kappa shape index (κ2) is 13.7. The molecule has 10 heteroatoms. The predicted octanol–water partition coefficient (Wildman–Crippen LogP) is 8.17. The topological polar surface area (TPSA) is 40.6 Å². The molecular weight excluding hydrogens is 432 g/mol. The number of nitrogens with zero attached hydrogens (tertiary/aromatic N) is 2. The Bertz CT molecular complexity index is 391. The van der Waals surface area contributed by atoms with Crippen LogP contribution in [0.3, 0.4) is 0 Å². The van der Waals surface area contributed by atoms with E-state index in [1.807, 2.05) is 23.4 Å². The van der Waals surface area contributed by atoms with E-state index in [0.717, 1.165) is 38.5 Å². The van der Waals surface area contributed by atoms with Crippen LogP contribution in [-0.2, 0) is 9.13 Å². The summed E-state index contributed by atoms with van der Waals surface area (Å²) in [6.07, 6.45) is 6.71. The molecule has 0 aromatic rings. The molecule has 2 unspecified atom stereocenters. The van der Waals surface area contributed by atoms with Crippen LogP contribution in [0.4, 0.5) is 0 Å². The van der Waals surface area contributed by atoms with Gasteiger partial charge < -0.3 is 0 Å². The Labute approximate surface area is 167 Å². The molecule has 0 aliphatic heterocycles. The van der Waals surface area contributed by atoms with Gasteiger partial charge in [0.05, 0.1) is 0 Å². The lowest BCUT2D eigenvalue weighted by atomic mass is 10.1. The Morgan fingerprint density at radius 2 is 1.04 bits per heavy atom. The monoisotopic (exact) mass is 462 g/mol. The van der Waals surface area contributed by atoms with E-state index >= 15 is 0 Å². The summed E-state index contributed by atoms with van der Waals surface area (Å²) in [6.45, 7) is 5.63. The van der Waals surface area contributed by atoms with E-state index in [-0.39, 0.29) is 12.1 Å². The first-order chi connectivity index (χ1) is 10.8. The Morgan fingerprint density at radius 3 is 1.25 bits per heavy atom. The van der Waals surface area contributed by atoms with Gasteiger partial charge in [0.25, 0.3) is 0 Å². The first kappa shape index (κ1) is 27.8. The second-order valence-corrected chi connectivity index (χ2v) is 16.2. The van der Waals surface area contributed by atoms with Crippen molar-refractivity contribution in [2.24, 2.45) is 0 Å². The molecule has 24 heavy (non-hydrogen) atoms. The lowest BCUT2D eigenvalue weighted by Crippen LogP contribution is -2.35. The van der Waals surface area contributed by atoms with Gasteiger partial charge in [0.15, 0.2) is 0 Å². The van der Waals surface area contributed by atoms with Gasteiger partial charge in [-0.15, -0.1) is 0 Å². The summed E-state index contributed by atoms with van der Waals surface area (Å²) in [6, 6.07) is 0.508. The fourth-order valence-electron chi connectivity index (χ4n) is 2.08. The maximum Gasteiger partial charge on any atom is 0.339 e. The van der Waals surface area contributed by atoms with E-state index in [9.17, 15) is 9.13 Å². The highest BCUT2D eigenvalue weighted by Crippen LogP contribution is 2.61. The maximum absolute atomic E-state index is 12.8. The molecule has 0 saturated heterocycles. The molecule has 148 valence electrons. The minimum Gasteiger partial charge on any atom is -0.271 e. The van der Waals surface area contributed by atoms with Gasteiger partial charge in [0, 0.05) is 12.1 Å². The third-order valence-electron chi connectivity index (χ3n) is 4.00. The summed E-state index contributed by atoms with van der Waals surface area (Å²) in [5, 5.41) is -3.22. The zero-order valence-electron chi connectivity index (χ0n) is 15.5. The Kier molecular flexibility index (Phi) is 15.8. The molecule has 0 saturated carbocycles. The van der Waals surface area contributed by atoms with Gasteiger partial charge in [-0.25, -0.2) is 9.34 Å². The van der Waals surface area contributed by atoms with E-state index in [4.69, 9.17) is 11.2 Å². The van der Waals surface area contributed by atoms with Gasteiger partial charge in [-0.2, -0.15) is 0 Å². The first-order valence-corrected chi connectivity index (χ1v) is 15.2. The van der Waals surface area contributed by atoms with E-state index in [2.05, 4.69) is 61.4 Å². The summed E-state index contributed by atoms with van der Waals surface area (Å²) in [4.78, 5) is 0. The number of hydrogen-bond acceptors (Lipinski definition) is 2. The molecule has 0 spiro atoms. The first-order valence-electron chi connectivity index (χ1n) is 8.24. The van der Waals surface area contributed by atoms with Crippen molar-refractivity contribution in [3.05, 3.63) is 0 Å². The quantitative estimate of drug-likeness (QED) is 0.306. The van der Waals surface area contributed by atoms with E-state index in [0.29, 0.717) is 0 Å². The summed E-state index contributed by atoms with van der Waals surface area (Å²) in [5.41, 5.74) is 0. The largest absolute Gasteiger partial charge is 0.339 e. The van der Waals surface area contributed by atoms with Crippen LogP contribution in [0.25, 0.3) is 0 Å². The molecule has 0 bridgehead atoms. The minimum absolute atomic E-state index is 0.254. The summed E-state index contributed by atoms with van der Waals surface area (Å²) in [7, 11) is 3.77. The van der Waals surface area contributed by atoms with Gasteiger partial charge in [0.2, 0.25) is 0 Å². The van der Waals surface area contributed by atoms with Gasteiger partial charge in [-0.3, -0.25) is 9.13 Å². The molecular formula is C14H32Cl4N2O2P2. The molecule has 2 atom stereocenters. The molecule has 0 rings (SSSR count). The molecule has 0 heterocycles. The van der Waals surface area contributed by atoms with Crippen LogP contribution in [0.5, 0.6) is 0 Å². The summed E-state index contributed by atoms with van der Waals surface area (Å²) < 4.78 is 26.1. The highest BCUT2D eigenvalue weighted by Gasteiger charge is 2.35. The van der Waals surface area contributed by atoms with Crippen LogP contribution in [0, 0.1) is 0 Å². The van der Waals surface area contributed by atoms with Crippen molar-refractivity contribution in [2.75, 3.05) is 14.1 Å². The van der Waals surface area contributed by atoms with Crippen molar-refractivity contribution in [3.63, 3.8) is 0 Å². The number of hydrogen-bond donors (Lipinski definition) is 0. The van der Waals surface area contributed by atoms with Crippen molar-refractivity contribution >= 4 is 57.0 Å². The number of halogens is 4. The Hall–Kier alpha value is 1.54. The van der Waals surface area contributed by atoms with Crippen molar-refractivity contribution in [1.82, 2.24) is 9.34 Å². The minimum atomic E-state index is -3.22. The molecule has 0 aliphatic rings. The van der Waals surface area contributed by atoms with Crippen LogP contribution < -0.4 is 0 Å². The average molecular weight is 464 g/mol. The molecule has 0 aromatic heterocycles. The van der Waals surface area contributed by atoms with Crippen LogP contribution in [0.2, 0.25) is 0 Å². The van der Waals surface area contributed by atoms with Crippen molar-refractivity contribution in [2.45, 2.75) is 78.3 Å². The SMILES string of the molecule is CCCCC(C)N(C)P(=O)(Cl)N(C)C(C)CCCC.O=P(Cl)(Cl)Cl. The third-order valence-corrected chi connectivity index (χ3v) is 7.78. The highest BCUT2D eigenvalue weighted by atomic mass is 36.0. The van der Waals surface area contributed by atoms with Gasteiger partial charge in [0.1, 0.15) is 0 Å². The predicted molar refractivity (Wildman–Crippen MR) is 112 cm³/mol. The van der Waals surface area contributed by atoms with E-state index in [1.165, 1.54) is 0 Å². The molecule has 0 N–H and O–H groups in total. The van der Waals surface area contributed by atoms with Crippen LogP contribution in [0.15, 0.2) is 0 Å².